The van der Waals surface area contributed by atoms with E-state index in [1.54, 1.807) is 24.4 Å². The van der Waals surface area contributed by atoms with Crippen LogP contribution >= 0.6 is 0 Å². The minimum absolute atomic E-state index is 0.192. The fourth-order valence-electron chi connectivity index (χ4n) is 8.11. The third kappa shape index (κ3) is 6.23. The molecule has 1 aliphatic carbocycles. The number of carbonyl (C=O) groups excluding carboxylic acids is 2. The number of amides is 2. The van der Waals surface area contributed by atoms with Gasteiger partial charge in [-0.3, -0.25) is 19.5 Å². The molecule has 4 aromatic rings. The summed E-state index contributed by atoms with van der Waals surface area (Å²) >= 11 is 0. The molecule has 4 N–H and O–H groups in total. The van der Waals surface area contributed by atoms with Gasteiger partial charge in [0.1, 0.15) is 5.75 Å². The minimum atomic E-state index is -1.73. The standard InChI is InChI=1S/C38H38B2N2O7/c1-2-8-25-20-30-36(38(45)42(37(30)44)27-10-7-9-26(21-27)40(47)48)31-22-39(46)49-34(35(25)31)17-15-24(32-13-5-6-18-41-32)19-23-14-16-33(43)29-12-4-3-11-28(23)29/h3-7,9-14,16,18-19,21,30-31,34,36,43,46-48H,2,8,15,17,20,22H2,1H3/b24-19-/t30-,31+,34-,36-/m1/s1. The Labute approximate surface area is 285 Å². The number of hydrogen-bond donors (Lipinski definition) is 4. The summed E-state index contributed by atoms with van der Waals surface area (Å²) < 4.78 is 6.27. The molecule has 1 aromatic heterocycles. The van der Waals surface area contributed by atoms with Crippen molar-refractivity contribution in [1.82, 2.24) is 4.98 Å². The lowest BCUT2D eigenvalue weighted by molar-refractivity contribution is -0.122. The molecule has 3 heterocycles. The zero-order valence-corrected chi connectivity index (χ0v) is 27.3. The van der Waals surface area contributed by atoms with E-state index in [9.17, 15) is 29.8 Å². The van der Waals surface area contributed by atoms with Crippen molar-refractivity contribution in [3.05, 3.63) is 107 Å². The molecule has 7 rings (SSSR count). The molecule has 248 valence electrons. The molecular weight excluding hydrogens is 618 g/mol. The topological polar surface area (TPSA) is 140 Å². The molecule has 3 aromatic carbocycles. The Bertz CT molecular complexity index is 1960. The maximum atomic E-state index is 14.1. The summed E-state index contributed by atoms with van der Waals surface area (Å²) in [5.74, 6) is -2.01. The number of nitrogens with zero attached hydrogens (tertiary/aromatic N) is 2. The van der Waals surface area contributed by atoms with Crippen molar-refractivity contribution in [2.45, 2.75) is 51.5 Å². The zero-order valence-electron chi connectivity index (χ0n) is 27.3. The van der Waals surface area contributed by atoms with Crippen LogP contribution in [0.1, 0.15) is 50.3 Å². The van der Waals surface area contributed by atoms with Crippen LogP contribution in [0, 0.1) is 17.8 Å². The van der Waals surface area contributed by atoms with E-state index in [-0.39, 0.29) is 35.3 Å². The summed E-state index contributed by atoms with van der Waals surface area (Å²) in [7, 11) is -2.84. The van der Waals surface area contributed by atoms with Crippen LogP contribution in [0.4, 0.5) is 5.69 Å². The van der Waals surface area contributed by atoms with Gasteiger partial charge in [-0.1, -0.05) is 67.4 Å². The lowest BCUT2D eigenvalue weighted by Gasteiger charge is -2.43. The lowest BCUT2D eigenvalue weighted by atomic mass is 9.58. The average molecular weight is 656 g/mol. The van der Waals surface area contributed by atoms with Crippen LogP contribution in [0.15, 0.2) is 96.2 Å². The molecule has 11 heteroatoms. The highest BCUT2D eigenvalue weighted by atomic mass is 16.5. The van der Waals surface area contributed by atoms with Crippen LogP contribution < -0.4 is 10.4 Å². The zero-order chi connectivity index (χ0) is 34.2. The Balaban J connectivity index is 1.23. The molecule has 3 aliphatic rings. The van der Waals surface area contributed by atoms with Crippen LogP contribution in [0.25, 0.3) is 22.4 Å². The predicted octanol–water partition coefficient (Wildman–Crippen LogP) is 4.74. The number of fused-ring (bicyclic) bond motifs is 4. The first-order valence-electron chi connectivity index (χ1n) is 17.0. The van der Waals surface area contributed by atoms with Gasteiger partial charge in [0.15, 0.2) is 0 Å². The van der Waals surface area contributed by atoms with Crippen LogP contribution in [0.3, 0.4) is 0 Å². The van der Waals surface area contributed by atoms with Crippen molar-refractivity contribution in [3.63, 3.8) is 0 Å². The Kier molecular flexibility index (Phi) is 9.26. The Morgan fingerprint density at radius 1 is 1.00 bits per heavy atom. The van der Waals surface area contributed by atoms with Gasteiger partial charge in [-0.25, -0.2) is 0 Å². The van der Waals surface area contributed by atoms with Gasteiger partial charge in [-0.15, -0.1) is 0 Å². The Morgan fingerprint density at radius 3 is 2.55 bits per heavy atom. The number of phenols is 1. The number of carbonyl (C=O) groups is 2. The van der Waals surface area contributed by atoms with Crippen LogP contribution in [0.2, 0.25) is 6.32 Å². The van der Waals surface area contributed by atoms with E-state index in [0.29, 0.717) is 24.9 Å². The van der Waals surface area contributed by atoms with Gasteiger partial charge in [0, 0.05) is 11.6 Å². The van der Waals surface area contributed by atoms with Crippen LogP contribution in [0.5, 0.6) is 5.75 Å². The average Bonchev–Trinajstić information content (AvgIpc) is 3.36. The minimum Gasteiger partial charge on any atom is -0.507 e. The number of aromatic hydroxyl groups is 1. The highest BCUT2D eigenvalue weighted by molar-refractivity contribution is 6.58. The van der Waals surface area contributed by atoms with E-state index >= 15 is 0 Å². The quantitative estimate of drug-likeness (QED) is 0.115. The van der Waals surface area contributed by atoms with Crippen molar-refractivity contribution >= 4 is 59.6 Å². The number of anilines is 1. The molecule has 0 radical (unpaired) electrons. The maximum Gasteiger partial charge on any atom is 0.488 e. The summed E-state index contributed by atoms with van der Waals surface area (Å²) in [6.45, 7) is 2.09. The van der Waals surface area contributed by atoms with E-state index < -0.39 is 32.2 Å². The van der Waals surface area contributed by atoms with Gasteiger partial charge in [0.25, 0.3) is 0 Å². The third-order valence-electron chi connectivity index (χ3n) is 10.2. The molecular formula is C38H38B2N2O7. The van der Waals surface area contributed by atoms with Gasteiger partial charge >= 0.3 is 14.2 Å². The molecule has 0 spiro atoms. The molecule has 2 amide bonds. The van der Waals surface area contributed by atoms with Crippen molar-refractivity contribution in [2.24, 2.45) is 17.8 Å². The SMILES string of the molecule is CCCC1=C2[C@@H](CC/C(=C/c3ccc(O)c4ccccc34)c3ccccn3)OB(O)C[C@@H]2[C@@H]2C(=O)N(c3cccc(B(O)O)c3)C(=O)[C@@H]2C1. The summed E-state index contributed by atoms with van der Waals surface area (Å²) in [5.41, 5.74) is 5.35. The third-order valence-corrected chi connectivity index (χ3v) is 10.2. The number of allylic oxidation sites excluding steroid dienone is 2. The maximum absolute atomic E-state index is 14.1. The van der Waals surface area contributed by atoms with E-state index in [4.69, 9.17) is 4.65 Å². The normalized spacial score (nSPS) is 22.5. The molecule has 0 unspecified atom stereocenters. The Morgan fingerprint density at radius 2 is 1.80 bits per heavy atom. The second-order valence-corrected chi connectivity index (χ2v) is 13.2. The first-order valence-corrected chi connectivity index (χ1v) is 17.0. The monoisotopic (exact) mass is 656 g/mol. The van der Waals surface area contributed by atoms with Gasteiger partial charge in [-0.2, -0.15) is 0 Å². The molecule has 4 atom stereocenters. The van der Waals surface area contributed by atoms with Gasteiger partial charge in [0.2, 0.25) is 11.8 Å². The number of phenolic OH excluding ortho intramolecular Hbond substituents is 1. The number of aromatic nitrogens is 1. The largest absolute Gasteiger partial charge is 0.507 e. The highest BCUT2D eigenvalue weighted by Crippen LogP contribution is 2.52. The molecule has 2 fully saturated rings. The van der Waals surface area contributed by atoms with Crippen molar-refractivity contribution in [1.29, 1.82) is 0 Å². The second-order valence-electron chi connectivity index (χ2n) is 13.2. The highest BCUT2D eigenvalue weighted by Gasteiger charge is 2.57. The Hall–Kier alpha value is -4.54. The molecule has 0 saturated carbocycles. The van der Waals surface area contributed by atoms with E-state index in [2.05, 4.69) is 18.0 Å². The first-order chi connectivity index (χ1) is 23.7. The molecule has 2 aliphatic heterocycles. The molecule has 2 saturated heterocycles. The number of imide groups is 1. The van der Waals surface area contributed by atoms with E-state index in [0.717, 1.165) is 51.6 Å². The van der Waals surface area contributed by atoms with Gasteiger partial charge in [0.05, 0.1) is 29.3 Å². The lowest BCUT2D eigenvalue weighted by Crippen LogP contribution is -2.46. The predicted molar refractivity (Wildman–Crippen MR) is 190 cm³/mol. The summed E-state index contributed by atoms with van der Waals surface area (Å²) in [6.07, 6.45) is 6.71. The summed E-state index contributed by atoms with van der Waals surface area (Å²) in [6, 6.07) is 23.3. The molecule has 49 heavy (non-hydrogen) atoms. The number of rotatable bonds is 9. The number of pyridine rings is 1. The number of benzene rings is 3. The summed E-state index contributed by atoms with van der Waals surface area (Å²) in [4.78, 5) is 33.9. The fourth-order valence-corrected chi connectivity index (χ4v) is 8.11. The van der Waals surface area contributed by atoms with Crippen LogP contribution in [-0.2, 0) is 14.2 Å². The summed E-state index contributed by atoms with van der Waals surface area (Å²) in [5, 5.41) is 42.7. The van der Waals surface area contributed by atoms with Crippen molar-refractivity contribution in [2.75, 3.05) is 4.90 Å². The first kappa shape index (κ1) is 33.0. The smallest absolute Gasteiger partial charge is 0.488 e. The molecule has 9 nitrogen and oxygen atoms in total. The van der Waals surface area contributed by atoms with Gasteiger partial charge in [-0.05, 0) is 102 Å². The number of hydrogen-bond acceptors (Lipinski definition) is 8. The fraction of sp³-hybridized carbons (Fsp3) is 0.289. The van der Waals surface area contributed by atoms with Crippen molar-refractivity contribution < 1.29 is 34.4 Å². The van der Waals surface area contributed by atoms with Gasteiger partial charge < -0.3 is 24.8 Å². The molecule has 0 bridgehead atoms. The van der Waals surface area contributed by atoms with E-state index in [1.165, 1.54) is 17.0 Å². The van der Waals surface area contributed by atoms with Crippen molar-refractivity contribution in [3.8, 4) is 5.75 Å². The van der Waals surface area contributed by atoms with E-state index in [1.807, 2.05) is 48.5 Å². The van der Waals surface area contributed by atoms with Crippen LogP contribution in [-0.4, -0.2) is 57.3 Å². The second kappa shape index (κ2) is 13.8.